The van der Waals surface area contributed by atoms with Crippen molar-refractivity contribution >= 4 is 16.6 Å². The zero-order valence-electron chi connectivity index (χ0n) is 13.6. The second-order valence-electron chi connectivity index (χ2n) is 6.77. The Balaban J connectivity index is 2.23. The summed E-state index contributed by atoms with van der Waals surface area (Å²) in [6, 6.07) is 15.0. The summed E-state index contributed by atoms with van der Waals surface area (Å²) >= 11 is 0. The van der Waals surface area contributed by atoms with E-state index in [1.807, 2.05) is 13.8 Å². The molecule has 0 aromatic heterocycles. The van der Waals surface area contributed by atoms with E-state index in [4.69, 9.17) is 0 Å². The maximum atomic E-state index is 12.4. The predicted octanol–water partition coefficient (Wildman–Crippen LogP) is 5.27. The summed E-state index contributed by atoms with van der Waals surface area (Å²) in [5, 5.41) is 2.52. The topological polar surface area (TPSA) is 17.1 Å². The van der Waals surface area contributed by atoms with Gasteiger partial charge in [0.2, 0.25) is 0 Å². The van der Waals surface area contributed by atoms with Crippen LogP contribution in [0.3, 0.4) is 0 Å². The van der Waals surface area contributed by atoms with Gasteiger partial charge >= 0.3 is 0 Å². The molecule has 0 spiro atoms. The molecule has 2 aromatic rings. The van der Waals surface area contributed by atoms with Gasteiger partial charge in [0.1, 0.15) is 5.78 Å². The van der Waals surface area contributed by atoms with Crippen molar-refractivity contribution in [1.29, 1.82) is 0 Å². The van der Waals surface area contributed by atoms with Crippen molar-refractivity contribution < 1.29 is 4.79 Å². The molecule has 0 amide bonds. The van der Waals surface area contributed by atoms with Crippen LogP contribution in [0.25, 0.3) is 10.8 Å². The third kappa shape index (κ3) is 4.17. The highest BCUT2D eigenvalue weighted by molar-refractivity contribution is 5.84. The predicted molar refractivity (Wildman–Crippen MR) is 90.4 cm³/mol. The van der Waals surface area contributed by atoms with Crippen LogP contribution in [-0.2, 0) is 11.2 Å². The van der Waals surface area contributed by atoms with Crippen molar-refractivity contribution in [2.24, 2.45) is 17.8 Å². The van der Waals surface area contributed by atoms with Crippen LogP contribution in [0, 0.1) is 17.8 Å². The van der Waals surface area contributed by atoms with Crippen LogP contribution in [0.5, 0.6) is 0 Å². The number of fused-ring (bicyclic) bond motifs is 1. The normalized spacial score (nSPS) is 13.0. The lowest BCUT2D eigenvalue weighted by Crippen LogP contribution is -2.23. The fraction of sp³-hybridized carbons (Fsp3) is 0.450. The minimum atomic E-state index is 0.120. The number of hydrogen-bond donors (Lipinski definition) is 0. The molecule has 0 radical (unpaired) electrons. The molecule has 0 unspecified atom stereocenters. The molecule has 0 fully saturated rings. The lowest BCUT2D eigenvalue weighted by molar-refractivity contribution is -0.126. The summed E-state index contributed by atoms with van der Waals surface area (Å²) in [7, 11) is 0. The molecule has 1 atom stereocenters. The molecular formula is C20H26O. The molecule has 2 rings (SSSR count). The molecule has 1 nitrogen and oxygen atoms in total. The van der Waals surface area contributed by atoms with Gasteiger partial charge in [0, 0.05) is 11.8 Å². The van der Waals surface area contributed by atoms with E-state index in [1.54, 1.807) is 0 Å². The quantitative estimate of drug-likeness (QED) is 0.705. The Kier molecular flexibility index (Phi) is 5.17. The van der Waals surface area contributed by atoms with Gasteiger partial charge in [-0.15, -0.1) is 0 Å². The summed E-state index contributed by atoms with van der Waals surface area (Å²) in [6.45, 7) is 8.41. The standard InChI is InChI=1S/C20H26O/c1-14(2)11-19(20(21)15(3)4)13-16-9-10-17-7-5-6-8-18(17)12-16/h5-10,12,14-15,19H,11,13H2,1-4H3/t19-/m0/s1. The first kappa shape index (κ1) is 15.8. The zero-order valence-corrected chi connectivity index (χ0v) is 13.6. The van der Waals surface area contributed by atoms with Gasteiger partial charge < -0.3 is 0 Å². The van der Waals surface area contributed by atoms with Crippen LogP contribution in [0.15, 0.2) is 42.5 Å². The van der Waals surface area contributed by atoms with E-state index in [9.17, 15) is 4.79 Å². The number of carbonyl (C=O) groups is 1. The van der Waals surface area contributed by atoms with E-state index >= 15 is 0 Å². The molecule has 0 bridgehead atoms. The number of ketones is 1. The molecule has 0 aliphatic rings. The number of rotatable bonds is 6. The summed E-state index contributed by atoms with van der Waals surface area (Å²) in [5.41, 5.74) is 1.27. The van der Waals surface area contributed by atoms with Crippen LogP contribution >= 0.6 is 0 Å². The molecule has 2 aromatic carbocycles. The van der Waals surface area contributed by atoms with Crippen molar-refractivity contribution in [2.45, 2.75) is 40.5 Å². The molecule has 0 heterocycles. The van der Waals surface area contributed by atoms with Gasteiger partial charge in [-0.1, -0.05) is 70.2 Å². The average molecular weight is 282 g/mol. The molecule has 112 valence electrons. The SMILES string of the molecule is CC(C)C[C@@H](Cc1ccc2ccccc2c1)C(=O)C(C)C. The lowest BCUT2D eigenvalue weighted by atomic mass is 9.83. The lowest BCUT2D eigenvalue weighted by Gasteiger charge is -2.20. The Labute approximate surface area is 128 Å². The average Bonchev–Trinajstić information content (AvgIpc) is 2.45. The maximum Gasteiger partial charge on any atom is 0.138 e. The van der Waals surface area contributed by atoms with E-state index in [0.717, 1.165) is 12.8 Å². The second kappa shape index (κ2) is 6.89. The Hall–Kier alpha value is -1.63. The first-order valence-corrected chi connectivity index (χ1v) is 7.98. The van der Waals surface area contributed by atoms with Crippen LogP contribution in [0.2, 0.25) is 0 Å². The highest BCUT2D eigenvalue weighted by atomic mass is 16.1. The van der Waals surface area contributed by atoms with Gasteiger partial charge in [-0.05, 0) is 35.1 Å². The Morgan fingerprint density at radius 3 is 2.24 bits per heavy atom. The molecule has 0 saturated heterocycles. The Morgan fingerprint density at radius 2 is 1.62 bits per heavy atom. The molecule has 0 aliphatic carbocycles. The monoisotopic (exact) mass is 282 g/mol. The van der Waals surface area contributed by atoms with E-state index in [1.165, 1.54) is 16.3 Å². The zero-order chi connectivity index (χ0) is 15.4. The summed E-state index contributed by atoms with van der Waals surface area (Å²) in [4.78, 5) is 12.4. The molecule has 21 heavy (non-hydrogen) atoms. The first-order chi connectivity index (χ1) is 9.97. The van der Waals surface area contributed by atoms with E-state index < -0.39 is 0 Å². The number of hydrogen-bond acceptors (Lipinski definition) is 1. The van der Waals surface area contributed by atoms with Crippen LogP contribution in [0.4, 0.5) is 0 Å². The van der Waals surface area contributed by atoms with Gasteiger partial charge in [-0.25, -0.2) is 0 Å². The van der Waals surface area contributed by atoms with Crippen molar-refractivity contribution in [1.82, 2.24) is 0 Å². The molecular weight excluding hydrogens is 256 g/mol. The van der Waals surface area contributed by atoms with Crippen molar-refractivity contribution in [2.75, 3.05) is 0 Å². The summed E-state index contributed by atoms with van der Waals surface area (Å²) < 4.78 is 0. The number of carbonyl (C=O) groups excluding carboxylic acids is 1. The van der Waals surface area contributed by atoms with Crippen LogP contribution in [-0.4, -0.2) is 5.78 Å². The molecule has 0 N–H and O–H groups in total. The highest BCUT2D eigenvalue weighted by Gasteiger charge is 2.22. The van der Waals surface area contributed by atoms with Gasteiger partial charge in [-0.3, -0.25) is 4.79 Å². The second-order valence-corrected chi connectivity index (χ2v) is 6.77. The van der Waals surface area contributed by atoms with Gasteiger partial charge in [-0.2, -0.15) is 0 Å². The third-order valence-electron chi connectivity index (χ3n) is 4.02. The summed E-state index contributed by atoms with van der Waals surface area (Å²) in [5.74, 6) is 1.22. The Bertz CT molecular complexity index is 610. The van der Waals surface area contributed by atoms with Crippen LogP contribution in [0.1, 0.15) is 39.7 Å². The molecule has 1 heteroatoms. The molecule has 0 saturated carbocycles. The van der Waals surface area contributed by atoms with Gasteiger partial charge in [0.25, 0.3) is 0 Å². The largest absolute Gasteiger partial charge is 0.299 e. The third-order valence-corrected chi connectivity index (χ3v) is 4.02. The minimum absolute atomic E-state index is 0.120. The minimum Gasteiger partial charge on any atom is -0.299 e. The van der Waals surface area contributed by atoms with E-state index in [2.05, 4.69) is 56.3 Å². The Morgan fingerprint density at radius 1 is 0.952 bits per heavy atom. The number of Topliss-reactive ketones (excluding diaryl/α,β-unsaturated/α-hetero) is 1. The van der Waals surface area contributed by atoms with E-state index in [-0.39, 0.29) is 11.8 Å². The molecule has 0 aliphatic heterocycles. The number of benzene rings is 2. The van der Waals surface area contributed by atoms with Crippen LogP contribution < -0.4 is 0 Å². The highest BCUT2D eigenvalue weighted by Crippen LogP contribution is 2.24. The van der Waals surface area contributed by atoms with Gasteiger partial charge in [0.05, 0.1) is 0 Å². The maximum absolute atomic E-state index is 12.4. The van der Waals surface area contributed by atoms with Crippen molar-refractivity contribution in [3.05, 3.63) is 48.0 Å². The fourth-order valence-electron chi connectivity index (χ4n) is 2.99. The van der Waals surface area contributed by atoms with Gasteiger partial charge in [0.15, 0.2) is 0 Å². The smallest absolute Gasteiger partial charge is 0.138 e. The summed E-state index contributed by atoms with van der Waals surface area (Å²) in [6.07, 6.45) is 1.84. The van der Waals surface area contributed by atoms with E-state index in [0.29, 0.717) is 11.7 Å². The first-order valence-electron chi connectivity index (χ1n) is 7.98. The fourth-order valence-corrected chi connectivity index (χ4v) is 2.99. The van der Waals surface area contributed by atoms with Crippen molar-refractivity contribution in [3.8, 4) is 0 Å². The van der Waals surface area contributed by atoms with Crippen molar-refractivity contribution in [3.63, 3.8) is 0 Å².